The van der Waals surface area contributed by atoms with Crippen molar-refractivity contribution in [1.82, 2.24) is 5.32 Å². The third-order valence-corrected chi connectivity index (χ3v) is 2.67. The third kappa shape index (κ3) is 2.69. The van der Waals surface area contributed by atoms with Gasteiger partial charge in [-0.2, -0.15) is 0 Å². The molecule has 0 aromatic rings. The number of esters is 1. The lowest BCUT2D eigenvalue weighted by molar-refractivity contribution is -0.151. The summed E-state index contributed by atoms with van der Waals surface area (Å²) < 4.78 is 5.03. The molecule has 3 heteroatoms. The van der Waals surface area contributed by atoms with Crippen LogP contribution >= 0.6 is 0 Å². The van der Waals surface area contributed by atoms with Crippen LogP contribution in [0, 0.1) is 11.8 Å². The highest BCUT2D eigenvalue weighted by Crippen LogP contribution is 2.23. The van der Waals surface area contributed by atoms with Crippen LogP contribution in [0.25, 0.3) is 0 Å². The molecule has 1 N–H and O–H groups in total. The number of hydrogen-bond donors (Lipinski definition) is 1. The fourth-order valence-corrected chi connectivity index (χ4v) is 1.80. The SMILES string of the molecule is CCOC(=O)[C@H]1C[C@@H](C)NC[C@@H]1C. The van der Waals surface area contributed by atoms with E-state index in [0.29, 0.717) is 18.6 Å². The van der Waals surface area contributed by atoms with Crippen LogP contribution in [0.2, 0.25) is 0 Å². The van der Waals surface area contributed by atoms with Gasteiger partial charge in [0.15, 0.2) is 0 Å². The molecule has 0 bridgehead atoms. The molecule has 1 saturated heterocycles. The van der Waals surface area contributed by atoms with Crippen molar-refractivity contribution in [2.45, 2.75) is 33.2 Å². The van der Waals surface area contributed by atoms with Gasteiger partial charge >= 0.3 is 5.97 Å². The first-order valence-electron chi connectivity index (χ1n) is 5.05. The zero-order chi connectivity index (χ0) is 9.84. The lowest BCUT2D eigenvalue weighted by Gasteiger charge is -2.31. The lowest BCUT2D eigenvalue weighted by atomic mass is 9.85. The maximum absolute atomic E-state index is 11.5. The zero-order valence-corrected chi connectivity index (χ0v) is 8.67. The summed E-state index contributed by atoms with van der Waals surface area (Å²) in [6, 6.07) is 0.436. The molecule has 0 aliphatic carbocycles. The average molecular weight is 185 g/mol. The molecule has 1 heterocycles. The number of carbonyl (C=O) groups excluding carboxylic acids is 1. The maximum Gasteiger partial charge on any atom is 0.309 e. The van der Waals surface area contributed by atoms with Crippen LogP contribution in [0.5, 0.6) is 0 Å². The Bertz CT molecular complexity index is 182. The maximum atomic E-state index is 11.5. The summed E-state index contributed by atoms with van der Waals surface area (Å²) in [4.78, 5) is 11.5. The summed E-state index contributed by atoms with van der Waals surface area (Å²) in [7, 11) is 0. The van der Waals surface area contributed by atoms with Gasteiger partial charge in [-0.1, -0.05) is 6.92 Å². The van der Waals surface area contributed by atoms with Crippen LogP contribution in [0.1, 0.15) is 27.2 Å². The van der Waals surface area contributed by atoms with Gasteiger partial charge in [-0.3, -0.25) is 4.79 Å². The monoisotopic (exact) mass is 185 g/mol. The summed E-state index contributed by atoms with van der Waals surface area (Å²) in [6.45, 7) is 7.47. The Hall–Kier alpha value is -0.570. The molecule has 1 aliphatic heterocycles. The molecule has 1 fully saturated rings. The first-order valence-corrected chi connectivity index (χ1v) is 5.05. The van der Waals surface area contributed by atoms with E-state index in [1.807, 2.05) is 6.92 Å². The van der Waals surface area contributed by atoms with Crippen molar-refractivity contribution in [1.29, 1.82) is 0 Å². The topological polar surface area (TPSA) is 38.3 Å². The quantitative estimate of drug-likeness (QED) is 0.657. The summed E-state index contributed by atoms with van der Waals surface area (Å²) >= 11 is 0. The molecule has 0 aromatic carbocycles. The number of rotatable bonds is 2. The Morgan fingerprint density at radius 2 is 2.23 bits per heavy atom. The van der Waals surface area contributed by atoms with Gasteiger partial charge in [0.05, 0.1) is 12.5 Å². The van der Waals surface area contributed by atoms with Crippen LogP contribution in [0.3, 0.4) is 0 Å². The molecule has 0 aromatic heterocycles. The Morgan fingerprint density at radius 3 is 2.85 bits per heavy atom. The Balaban J connectivity index is 2.50. The molecule has 0 saturated carbocycles. The normalized spacial score (nSPS) is 34.2. The summed E-state index contributed by atoms with van der Waals surface area (Å²) in [6.07, 6.45) is 0.903. The van der Waals surface area contributed by atoms with Crippen molar-refractivity contribution in [2.24, 2.45) is 11.8 Å². The predicted octanol–water partition coefficient (Wildman–Crippen LogP) is 1.18. The Labute approximate surface area is 79.8 Å². The molecule has 0 amide bonds. The van der Waals surface area contributed by atoms with Crippen LogP contribution in [-0.4, -0.2) is 25.2 Å². The van der Waals surface area contributed by atoms with E-state index in [1.165, 1.54) is 0 Å². The first kappa shape index (κ1) is 10.5. The van der Waals surface area contributed by atoms with Crippen molar-refractivity contribution in [2.75, 3.05) is 13.2 Å². The highest BCUT2D eigenvalue weighted by Gasteiger charge is 2.31. The number of hydrogen-bond acceptors (Lipinski definition) is 3. The summed E-state index contributed by atoms with van der Waals surface area (Å²) in [5, 5.41) is 3.35. The van der Waals surface area contributed by atoms with E-state index in [1.54, 1.807) is 0 Å². The predicted molar refractivity (Wildman–Crippen MR) is 51.4 cm³/mol. The van der Waals surface area contributed by atoms with Crippen molar-refractivity contribution in [3.63, 3.8) is 0 Å². The number of piperidine rings is 1. The molecule has 1 rings (SSSR count). The summed E-state index contributed by atoms with van der Waals surface area (Å²) in [5.41, 5.74) is 0. The van der Waals surface area contributed by atoms with E-state index in [4.69, 9.17) is 4.74 Å². The third-order valence-electron chi connectivity index (χ3n) is 2.67. The van der Waals surface area contributed by atoms with Crippen molar-refractivity contribution in [3.8, 4) is 0 Å². The lowest BCUT2D eigenvalue weighted by Crippen LogP contribution is -2.44. The van der Waals surface area contributed by atoms with E-state index in [-0.39, 0.29) is 11.9 Å². The number of ether oxygens (including phenoxy) is 1. The Kier molecular flexibility index (Phi) is 3.72. The van der Waals surface area contributed by atoms with Gasteiger partial charge in [-0.15, -0.1) is 0 Å². The highest BCUT2D eigenvalue weighted by atomic mass is 16.5. The van der Waals surface area contributed by atoms with Gasteiger partial charge in [-0.25, -0.2) is 0 Å². The second-order valence-electron chi connectivity index (χ2n) is 3.88. The van der Waals surface area contributed by atoms with E-state index >= 15 is 0 Å². The summed E-state index contributed by atoms with van der Waals surface area (Å²) in [5.74, 6) is 0.467. The van der Waals surface area contributed by atoms with Crippen LogP contribution in [-0.2, 0) is 9.53 Å². The number of carbonyl (C=O) groups is 1. The molecular formula is C10H19NO2. The van der Waals surface area contributed by atoms with Gasteiger partial charge < -0.3 is 10.1 Å². The van der Waals surface area contributed by atoms with Gasteiger partial charge in [-0.05, 0) is 32.7 Å². The zero-order valence-electron chi connectivity index (χ0n) is 8.67. The smallest absolute Gasteiger partial charge is 0.309 e. The van der Waals surface area contributed by atoms with Gasteiger partial charge in [0, 0.05) is 6.04 Å². The second kappa shape index (κ2) is 4.61. The minimum Gasteiger partial charge on any atom is -0.466 e. The molecule has 1 aliphatic rings. The molecule has 0 radical (unpaired) electrons. The largest absolute Gasteiger partial charge is 0.466 e. The van der Waals surface area contributed by atoms with E-state index < -0.39 is 0 Å². The highest BCUT2D eigenvalue weighted by molar-refractivity contribution is 5.73. The molecule has 0 unspecified atom stereocenters. The molecule has 3 atom stereocenters. The molecular weight excluding hydrogens is 166 g/mol. The average Bonchev–Trinajstić information content (AvgIpc) is 2.09. The van der Waals surface area contributed by atoms with Crippen LogP contribution < -0.4 is 5.32 Å². The van der Waals surface area contributed by atoms with Gasteiger partial charge in [0.25, 0.3) is 0 Å². The number of nitrogens with one attached hydrogen (secondary N) is 1. The van der Waals surface area contributed by atoms with Crippen LogP contribution in [0.15, 0.2) is 0 Å². The van der Waals surface area contributed by atoms with E-state index in [9.17, 15) is 4.79 Å². The first-order chi connectivity index (χ1) is 6.15. The molecule has 76 valence electrons. The standard InChI is InChI=1S/C10H19NO2/c1-4-13-10(12)9-5-8(3)11-6-7(9)2/h7-9,11H,4-6H2,1-3H3/t7-,8+,9-/m0/s1. The Morgan fingerprint density at radius 1 is 1.54 bits per heavy atom. The fraction of sp³-hybridized carbons (Fsp3) is 0.900. The van der Waals surface area contributed by atoms with E-state index in [0.717, 1.165) is 13.0 Å². The molecule has 0 spiro atoms. The second-order valence-corrected chi connectivity index (χ2v) is 3.88. The van der Waals surface area contributed by atoms with Gasteiger partial charge in [0.1, 0.15) is 0 Å². The van der Waals surface area contributed by atoms with Crippen molar-refractivity contribution in [3.05, 3.63) is 0 Å². The van der Waals surface area contributed by atoms with Crippen molar-refractivity contribution < 1.29 is 9.53 Å². The van der Waals surface area contributed by atoms with Crippen molar-refractivity contribution >= 4 is 5.97 Å². The molecule has 3 nitrogen and oxygen atoms in total. The molecule has 13 heavy (non-hydrogen) atoms. The van der Waals surface area contributed by atoms with Crippen LogP contribution in [0.4, 0.5) is 0 Å². The van der Waals surface area contributed by atoms with E-state index in [2.05, 4.69) is 19.2 Å². The fourth-order valence-electron chi connectivity index (χ4n) is 1.80. The van der Waals surface area contributed by atoms with Gasteiger partial charge in [0.2, 0.25) is 0 Å². The minimum absolute atomic E-state index is 0.0247. The minimum atomic E-state index is -0.0247.